The Kier molecular flexibility index (Phi) is 7.38. The Balaban J connectivity index is 1.12. The highest BCUT2D eigenvalue weighted by Crippen LogP contribution is 2.38. The molecule has 0 N–H and O–H groups in total. The Bertz CT molecular complexity index is 2730. The Labute approximate surface area is 293 Å². The second-order valence-electron chi connectivity index (χ2n) is 12.1. The van der Waals surface area contributed by atoms with E-state index in [0.29, 0.717) is 39.9 Å². The van der Waals surface area contributed by atoms with E-state index in [1.54, 1.807) is 18.5 Å². The summed E-state index contributed by atoms with van der Waals surface area (Å²) in [5.41, 5.74) is 10.5. The number of furan rings is 1. The fourth-order valence-electron chi connectivity index (χ4n) is 6.36. The number of aromatic nitrogens is 5. The smallest absolute Gasteiger partial charge is 0.182 e. The van der Waals surface area contributed by atoms with Crippen LogP contribution in [0.1, 0.15) is 5.56 Å². The summed E-state index contributed by atoms with van der Waals surface area (Å²) in [7, 11) is 0. The third-order valence-corrected chi connectivity index (χ3v) is 8.93. The van der Waals surface area contributed by atoms with Crippen LogP contribution < -0.4 is 0 Å². The lowest BCUT2D eigenvalue weighted by atomic mass is 9.98. The van der Waals surface area contributed by atoms with Crippen LogP contribution in [-0.2, 0) is 0 Å². The van der Waals surface area contributed by atoms with Crippen molar-refractivity contribution < 1.29 is 4.42 Å². The normalized spacial score (nSPS) is 11.1. The number of pyridine rings is 2. The molecule has 0 saturated heterocycles. The third kappa shape index (κ3) is 5.67. The number of nitrogens with zero attached hydrogens (tertiary/aromatic N) is 6. The number of fused-ring (bicyclic) bond motifs is 3. The molecule has 0 unspecified atom stereocenters. The summed E-state index contributed by atoms with van der Waals surface area (Å²) in [6, 6.07) is 48.3. The number of hydrogen-bond donors (Lipinski definition) is 0. The molecule has 7 heteroatoms. The molecular weight excluding hydrogens is 629 g/mol. The van der Waals surface area contributed by atoms with Gasteiger partial charge in [-0.1, -0.05) is 109 Å². The van der Waals surface area contributed by atoms with Crippen LogP contribution in [0, 0.1) is 11.3 Å². The Morgan fingerprint density at radius 2 is 1.12 bits per heavy atom. The molecular formula is C44H26N6O. The van der Waals surface area contributed by atoms with E-state index in [1.165, 1.54) is 5.56 Å². The Morgan fingerprint density at radius 1 is 0.471 bits per heavy atom. The van der Waals surface area contributed by atoms with Crippen LogP contribution in [0.5, 0.6) is 0 Å². The van der Waals surface area contributed by atoms with Gasteiger partial charge >= 0.3 is 0 Å². The maximum Gasteiger partial charge on any atom is 0.182 e. The molecule has 0 amide bonds. The van der Waals surface area contributed by atoms with Gasteiger partial charge in [0.25, 0.3) is 0 Å². The molecule has 9 rings (SSSR count). The van der Waals surface area contributed by atoms with Crippen LogP contribution in [-0.4, -0.2) is 24.9 Å². The second-order valence-corrected chi connectivity index (χ2v) is 12.1. The summed E-state index contributed by atoms with van der Waals surface area (Å²) < 4.78 is 6.41. The van der Waals surface area contributed by atoms with E-state index in [1.807, 2.05) is 97.2 Å². The van der Waals surface area contributed by atoms with Crippen molar-refractivity contribution >= 4 is 21.9 Å². The monoisotopic (exact) mass is 654 g/mol. The summed E-state index contributed by atoms with van der Waals surface area (Å²) in [5.74, 6) is 1.49. The lowest BCUT2D eigenvalue weighted by molar-refractivity contribution is 0.667. The number of benzene rings is 5. The largest absolute Gasteiger partial charge is 0.454 e. The van der Waals surface area contributed by atoms with Gasteiger partial charge in [-0.2, -0.15) is 5.26 Å². The summed E-state index contributed by atoms with van der Waals surface area (Å²) in [4.78, 5) is 23.9. The first-order chi connectivity index (χ1) is 25.2. The Morgan fingerprint density at radius 3 is 1.86 bits per heavy atom. The van der Waals surface area contributed by atoms with Gasteiger partial charge in [0.05, 0.1) is 17.8 Å². The zero-order valence-electron chi connectivity index (χ0n) is 27.1. The van der Waals surface area contributed by atoms with Crippen LogP contribution in [0.25, 0.3) is 89.6 Å². The van der Waals surface area contributed by atoms with Crippen LogP contribution in [0.3, 0.4) is 0 Å². The third-order valence-electron chi connectivity index (χ3n) is 8.93. The first-order valence-corrected chi connectivity index (χ1v) is 16.5. The van der Waals surface area contributed by atoms with E-state index < -0.39 is 0 Å². The molecule has 51 heavy (non-hydrogen) atoms. The molecule has 0 atom stereocenters. The van der Waals surface area contributed by atoms with E-state index >= 15 is 0 Å². The van der Waals surface area contributed by atoms with Gasteiger partial charge in [-0.15, -0.1) is 0 Å². The first kappa shape index (κ1) is 29.8. The molecule has 0 aliphatic rings. The fraction of sp³-hybridized carbons (Fsp3) is 0. The zero-order valence-corrected chi connectivity index (χ0v) is 27.1. The molecule has 4 heterocycles. The molecule has 5 aromatic carbocycles. The lowest BCUT2D eigenvalue weighted by Crippen LogP contribution is -2.01. The van der Waals surface area contributed by atoms with Gasteiger partial charge in [-0.25, -0.2) is 15.0 Å². The van der Waals surface area contributed by atoms with Crippen molar-refractivity contribution in [2.45, 2.75) is 0 Å². The van der Waals surface area contributed by atoms with E-state index in [2.05, 4.69) is 53.5 Å². The summed E-state index contributed by atoms with van der Waals surface area (Å²) >= 11 is 0. The summed E-state index contributed by atoms with van der Waals surface area (Å²) in [6.45, 7) is 0. The molecule has 9 aromatic rings. The summed E-state index contributed by atoms with van der Waals surface area (Å²) in [6.07, 6.45) is 5.43. The van der Waals surface area contributed by atoms with Crippen LogP contribution in [0.2, 0.25) is 0 Å². The van der Waals surface area contributed by atoms with Gasteiger partial charge in [-0.05, 0) is 52.6 Å². The molecule has 7 nitrogen and oxygen atoms in total. The van der Waals surface area contributed by atoms with Gasteiger partial charge in [0.2, 0.25) is 0 Å². The number of hydrogen-bond acceptors (Lipinski definition) is 7. The van der Waals surface area contributed by atoms with E-state index in [-0.39, 0.29) is 0 Å². The highest BCUT2D eigenvalue weighted by atomic mass is 16.3. The Hall–Kier alpha value is -7.30. The molecule has 0 aliphatic heterocycles. The summed E-state index contributed by atoms with van der Waals surface area (Å²) in [5, 5.41) is 11.3. The van der Waals surface area contributed by atoms with Gasteiger partial charge in [0.1, 0.15) is 11.3 Å². The van der Waals surface area contributed by atoms with Gasteiger partial charge in [0.15, 0.2) is 23.1 Å². The molecule has 0 aliphatic carbocycles. The highest BCUT2D eigenvalue weighted by Gasteiger charge is 2.17. The predicted molar refractivity (Wildman–Crippen MR) is 200 cm³/mol. The SMILES string of the molecule is N#Cc1cccc(-c2ccc(-c3nc(-c4ccccc4)nc(-c4ccc5c(c4)oc4cncc(-c6ccc(-c7ccccc7)cc6)c45)n3)nc2)c1. The second kappa shape index (κ2) is 12.6. The molecule has 0 saturated carbocycles. The molecule has 4 aromatic heterocycles. The number of rotatable bonds is 6. The average molecular weight is 655 g/mol. The van der Waals surface area contributed by atoms with Gasteiger partial charge < -0.3 is 4.42 Å². The molecule has 0 spiro atoms. The van der Waals surface area contributed by atoms with Crippen molar-refractivity contribution in [2.24, 2.45) is 0 Å². The van der Waals surface area contributed by atoms with E-state index in [0.717, 1.165) is 49.7 Å². The number of nitriles is 1. The van der Waals surface area contributed by atoms with Crippen molar-refractivity contribution in [3.63, 3.8) is 0 Å². The maximum atomic E-state index is 9.34. The van der Waals surface area contributed by atoms with Crippen molar-refractivity contribution in [1.29, 1.82) is 5.26 Å². The van der Waals surface area contributed by atoms with Crippen LogP contribution in [0.15, 0.2) is 163 Å². The van der Waals surface area contributed by atoms with Crippen molar-refractivity contribution in [2.75, 3.05) is 0 Å². The molecule has 238 valence electrons. The maximum absolute atomic E-state index is 9.34. The zero-order chi connectivity index (χ0) is 34.1. The van der Waals surface area contributed by atoms with Crippen molar-refractivity contribution in [3.05, 3.63) is 164 Å². The predicted octanol–water partition coefficient (Wildman–Crippen LogP) is 10.4. The minimum absolute atomic E-state index is 0.450. The minimum atomic E-state index is 0.450. The molecule has 0 bridgehead atoms. The van der Waals surface area contributed by atoms with Gasteiger partial charge in [-0.3, -0.25) is 9.97 Å². The van der Waals surface area contributed by atoms with Crippen molar-refractivity contribution in [1.82, 2.24) is 24.9 Å². The van der Waals surface area contributed by atoms with Crippen molar-refractivity contribution in [3.8, 4) is 73.7 Å². The van der Waals surface area contributed by atoms with E-state index in [9.17, 15) is 5.26 Å². The van der Waals surface area contributed by atoms with Crippen LogP contribution >= 0.6 is 0 Å². The lowest BCUT2D eigenvalue weighted by Gasteiger charge is -2.09. The standard InChI is InChI=1S/C44H26N6O/c45-24-28-8-7-13-33(22-28)35-19-21-38(47-25-35)44-49-42(32-11-5-2-6-12-32)48-43(50-44)34-18-20-36-39(23-34)51-40-27-46-26-37(41(36)40)31-16-14-30(15-17-31)29-9-3-1-4-10-29/h1-23,25-27H. The molecule has 0 radical (unpaired) electrons. The van der Waals surface area contributed by atoms with E-state index in [4.69, 9.17) is 24.4 Å². The topological polar surface area (TPSA) is 101 Å². The van der Waals surface area contributed by atoms with Crippen LogP contribution in [0.4, 0.5) is 0 Å². The minimum Gasteiger partial charge on any atom is -0.454 e. The highest BCUT2D eigenvalue weighted by molar-refractivity contribution is 6.12. The first-order valence-electron chi connectivity index (χ1n) is 16.5. The average Bonchev–Trinajstić information content (AvgIpc) is 3.60. The van der Waals surface area contributed by atoms with Gasteiger partial charge in [0, 0.05) is 45.4 Å². The quantitative estimate of drug-likeness (QED) is 0.176. The fourth-order valence-corrected chi connectivity index (χ4v) is 6.36. The molecule has 0 fully saturated rings.